The summed E-state index contributed by atoms with van der Waals surface area (Å²) in [5, 5.41) is 11.3. The SMILES string of the molecule is COC(=O)c1scc(C)c1N1CC(O)CC1=O. The molecule has 0 spiro atoms. The van der Waals surface area contributed by atoms with Crippen molar-refractivity contribution in [3.8, 4) is 0 Å². The van der Waals surface area contributed by atoms with Crippen LogP contribution in [-0.4, -0.2) is 36.7 Å². The molecule has 1 aliphatic heterocycles. The summed E-state index contributed by atoms with van der Waals surface area (Å²) in [4.78, 5) is 25.2. The van der Waals surface area contributed by atoms with Gasteiger partial charge >= 0.3 is 5.97 Å². The fraction of sp³-hybridized carbons (Fsp3) is 0.455. The van der Waals surface area contributed by atoms with Crippen LogP contribution in [0.5, 0.6) is 0 Å². The van der Waals surface area contributed by atoms with E-state index in [4.69, 9.17) is 0 Å². The number of ether oxygens (including phenoxy) is 1. The molecule has 1 aliphatic rings. The number of esters is 1. The third kappa shape index (κ3) is 2.05. The van der Waals surface area contributed by atoms with Crippen molar-refractivity contribution >= 4 is 28.9 Å². The zero-order chi connectivity index (χ0) is 12.6. The van der Waals surface area contributed by atoms with E-state index in [1.807, 2.05) is 6.92 Å². The molecule has 6 heteroatoms. The molecule has 0 bridgehead atoms. The Balaban J connectivity index is 2.41. The number of carbonyl (C=O) groups is 2. The van der Waals surface area contributed by atoms with Crippen molar-refractivity contribution in [1.82, 2.24) is 0 Å². The topological polar surface area (TPSA) is 66.8 Å². The molecule has 0 aliphatic carbocycles. The van der Waals surface area contributed by atoms with Gasteiger partial charge in [0.2, 0.25) is 5.91 Å². The number of anilines is 1. The Morgan fingerprint density at radius 3 is 2.88 bits per heavy atom. The molecule has 0 saturated carbocycles. The summed E-state index contributed by atoms with van der Waals surface area (Å²) in [6.45, 7) is 2.07. The maximum absolute atomic E-state index is 11.7. The van der Waals surface area contributed by atoms with Crippen molar-refractivity contribution < 1.29 is 19.4 Å². The van der Waals surface area contributed by atoms with Crippen LogP contribution in [0.25, 0.3) is 0 Å². The number of thiophene rings is 1. The van der Waals surface area contributed by atoms with Crippen LogP contribution in [-0.2, 0) is 9.53 Å². The van der Waals surface area contributed by atoms with E-state index in [-0.39, 0.29) is 18.9 Å². The summed E-state index contributed by atoms with van der Waals surface area (Å²) in [5.41, 5.74) is 1.42. The molecule has 1 N–H and O–H groups in total. The van der Waals surface area contributed by atoms with Crippen LogP contribution in [0.4, 0.5) is 5.69 Å². The smallest absolute Gasteiger partial charge is 0.350 e. The Hall–Kier alpha value is -1.40. The number of carbonyl (C=O) groups excluding carboxylic acids is 2. The van der Waals surface area contributed by atoms with Crippen molar-refractivity contribution in [1.29, 1.82) is 0 Å². The molecule has 5 nitrogen and oxygen atoms in total. The van der Waals surface area contributed by atoms with Crippen LogP contribution >= 0.6 is 11.3 Å². The van der Waals surface area contributed by atoms with Gasteiger partial charge in [0, 0.05) is 0 Å². The Bertz CT molecular complexity index is 468. The predicted octanol–water partition coefficient (Wildman–Crippen LogP) is 0.941. The van der Waals surface area contributed by atoms with Gasteiger partial charge in [-0.1, -0.05) is 0 Å². The van der Waals surface area contributed by atoms with Gasteiger partial charge in [0.15, 0.2) is 0 Å². The first kappa shape index (κ1) is 12.1. The lowest BCUT2D eigenvalue weighted by molar-refractivity contribution is -0.117. The Labute approximate surface area is 103 Å². The largest absolute Gasteiger partial charge is 0.465 e. The van der Waals surface area contributed by atoms with Crippen LogP contribution in [0, 0.1) is 6.92 Å². The Morgan fingerprint density at radius 1 is 1.65 bits per heavy atom. The van der Waals surface area contributed by atoms with E-state index >= 15 is 0 Å². The fourth-order valence-corrected chi connectivity index (χ4v) is 2.88. The summed E-state index contributed by atoms with van der Waals surface area (Å²) in [5.74, 6) is -0.614. The third-order valence-corrected chi connectivity index (χ3v) is 3.75. The number of nitrogens with zero attached hydrogens (tertiary/aromatic N) is 1. The minimum Gasteiger partial charge on any atom is -0.465 e. The molecule has 1 unspecified atom stereocenters. The molecule has 1 saturated heterocycles. The van der Waals surface area contributed by atoms with Crippen molar-refractivity contribution in [2.75, 3.05) is 18.6 Å². The van der Waals surface area contributed by atoms with Gasteiger partial charge in [-0.15, -0.1) is 11.3 Å². The van der Waals surface area contributed by atoms with Gasteiger partial charge < -0.3 is 14.7 Å². The first-order valence-electron chi connectivity index (χ1n) is 5.19. The molecule has 1 aromatic heterocycles. The monoisotopic (exact) mass is 255 g/mol. The number of aliphatic hydroxyl groups is 1. The lowest BCUT2D eigenvalue weighted by Gasteiger charge is -2.17. The van der Waals surface area contributed by atoms with E-state index in [1.165, 1.54) is 23.3 Å². The molecule has 1 fully saturated rings. The Kier molecular flexibility index (Phi) is 3.17. The van der Waals surface area contributed by atoms with E-state index in [2.05, 4.69) is 4.74 Å². The third-order valence-electron chi connectivity index (χ3n) is 2.69. The number of amides is 1. The lowest BCUT2D eigenvalue weighted by atomic mass is 10.2. The van der Waals surface area contributed by atoms with Crippen molar-refractivity contribution in [3.63, 3.8) is 0 Å². The number of rotatable bonds is 2. The minimum absolute atomic E-state index is 0.107. The second kappa shape index (κ2) is 4.46. The quantitative estimate of drug-likeness (QED) is 0.799. The van der Waals surface area contributed by atoms with Crippen molar-refractivity contribution in [2.24, 2.45) is 0 Å². The summed E-state index contributed by atoms with van der Waals surface area (Å²) in [7, 11) is 1.31. The first-order chi connectivity index (χ1) is 8.04. The van der Waals surface area contributed by atoms with Crippen LogP contribution < -0.4 is 4.90 Å². The van der Waals surface area contributed by atoms with Gasteiger partial charge in [-0.3, -0.25) is 4.79 Å². The number of aryl methyl sites for hydroxylation is 1. The maximum atomic E-state index is 11.7. The van der Waals surface area contributed by atoms with Crippen molar-refractivity contribution in [2.45, 2.75) is 19.4 Å². The average molecular weight is 255 g/mol. The van der Waals surface area contributed by atoms with E-state index in [9.17, 15) is 14.7 Å². The highest BCUT2D eigenvalue weighted by Gasteiger charge is 2.33. The average Bonchev–Trinajstić information content (AvgIpc) is 2.80. The van der Waals surface area contributed by atoms with Crippen LogP contribution in [0.15, 0.2) is 5.38 Å². The van der Waals surface area contributed by atoms with E-state index in [1.54, 1.807) is 5.38 Å². The standard InChI is InChI=1S/C11H13NO4S/c1-6-5-17-10(11(15)16-2)9(6)12-4-7(13)3-8(12)14/h5,7,13H,3-4H2,1-2H3. The molecule has 1 amide bonds. The highest BCUT2D eigenvalue weighted by Crippen LogP contribution is 2.34. The minimum atomic E-state index is -0.660. The zero-order valence-corrected chi connectivity index (χ0v) is 10.4. The van der Waals surface area contributed by atoms with E-state index < -0.39 is 12.1 Å². The van der Waals surface area contributed by atoms with Crippen LogP contribution in [0.2, 0.25) is 0 Å². The fourth-order valence-electron chi connectivity index (χ4n) is 1.92. The molecule has 0 aromatic carbocycles. The maximum Gasteiger partial charge on any atom is 0.350 e. The van der Waals surface area contributed by atoms with Crippen LogP contribution in [0.1, 0.15) is 21.7 Å². The molecule has 92 valence electrons. The molecule has 17 heavy (non-hydrogen) atoms. The summed E-state index contributed by atoms with van der Waals surface area (Å²) in [6.07, 6.45) is -0.553. The van der Waals surface area contributed by atoms with Crippen LogP contribution in [0.3, 0.4) is 0 Å². The molecule has 1 atom stereocenters. The van der Waals surface area contributed by atoms with Gasteiger partial charge in [-0.25, -0.2) is 4.79 Å². The molecular weight excluding hydrogens is 242 g/mol. The number of hydrogen-bond donors (Lipinski definition) is 1. The normalized spacial score (nSPS) is 19.8. The number of hydrogen-bond acceptors (Lipinski definition) is 5. The summed E-state index contributed by atoms with van der Waals surface area (Å²) >= 11 is 1.25. The Morgan fingerprint density at radius 2 is 2.35 bits per heavy atom. The number of β-amino-alcohol motifs (C(OH)–C–C–N with tert-alkyl or cyclic N) is 1. The number of aliphatic hydroxyl groups excluding tert-OH is 1. The molecule has 2 rings (SSSR count). The summed E-state index contributed by atoms with van der Waals surface area (Å²) in [6, 6.07) is 0. The molecule has 1 aromatic rings. The first-order valence-corrected chi connectivity index (χ1v) is 6.07. The van der Waals surface area contributed by atoms with Gasteiger partial charge in [-0.2, -0.15) is 0 Å². The second-order valence-corrected chi connectivity index (χ2v) is 4.83. The number of methoxy groups -OCH3 is 1. The van der Waals surface area contributed by atoms with Gasteiger partial charge in [0.25, 0.3) is 0 Å². The zero-order valence-electron chi connectivity index (χ0n) is 9.60. The highest BCUT2D eigenvalue weighted by atomic mass is 32.1. The molecule has 2 heterocycles. The van der Waals surface area contributed by atoms with Gasteiger partial charge in [-0.05, 0) is 17.9 Å². The highest BCUT2D eigenvalue weighted by molar-refractivity contribution is 7.12. The lowest BCUT2D eigenvalue weighted by Crippen LogP contribution is -2.27. The van der Waals surface area contributed by atoms with Gasteiger partial charge in [0.05, 0.1) is 31.9 Å². The van der Waals surface area contributed by atoms with Crippen molar-refractivity contribution in [3.05, 3.63) is 15.8 Å². The van der Waals surface area contributed by atoms with E-state index in [0.717, 1.165) is 5.56 Å². The van der Waals surface area contributed by atoms with Gasteiger partial charge in [0.1, 0.15) is 4.88 Å². The molecular formula is C11H13NO4S. The predicted molar refractivity (Wildman–Crippen MR) is 63.4 cm³/mol. The summed E-state index contributed by atoms with van der Waals surface area (Å²) < 4.78 is 4.68. The second-order valence-electron chi connectivity index (χ2n) is 3.95. The van der Waals surface area contributed by atoms with E-state index in [0.29, 0.717) is 10.6 Å². The molecule has 0 radical (unpaired) electrons.